The topological polar surface area (TPSA) is 12.0 Å². The van der Waals surface area contributed by atoms with Gasteiger partial charge >= 0.3 is 0 Å². The van der Waals surface area contributed by atoms with Gasteiger partial charge in [0.15, 0.2) is 0 Å². The van der Waals surface area contributed by atoms with Gasteiger partial charge in [0.25, 0.3) is 0 Å². The van der Waals surface area contributed by atoms with E-state index in [0.717, 1.165) is 22.4 Å². The molecule has 1 nitrogen and oxygen atoms in total. The second kappa shape index (κ2) is 5.39. The summed E-state index contributed by atoms with van der Waals surface area (Å²) in [5, 5.41) is 3.53. The maximum atomic E-state index is 4.25. The molecule has 22 heavy (non-hydrogen) atoms. The summed E-state index contributed by atoms with van der Waals surface area (Å²) in [5.41, 5.74) is 5.68. The van der Waals surface area contributed by atoms with Crippen LogP contribution < -0.4 is 5.32 Å². The third kappa shape index (κ3) is 2.32. The number of hydrogen-bond donors (Lipinski definition) is 1. The van der Waals surface area contributed by atoms with Gasteiger partial charge in [-0.05, 0) is 41.0 Å². The first-order chi connectivity index (χ1) is 10.8. The van der Waals surface area contributed by atoms with Crippen LogP contribution in [0.15, 0.2) is 89.2 Å². The van der Waals surface area contributed by atoms with Crippen molar-refractivity contribution in [2.24, 2.45) is 0 Å². The zero-order valence-corrected chi connectivity index (χ0v) is 12.9. The highest BCUT2D eigenvalue weighted by molar-refractivity contribution is 7.99. The van der Waals surface area contributed by atoms with Crippen molar-refractivity contribution in [3.05, 3.63) is 90.5 Å². The molecule has 0 amide bonds. The molecule has 0 spiro atoms. The van der Waals surface area contributed by atoms with Crippen LogP contribution in [0.5, 0.6) is 0 Å². The smallest absolute Gasteiger partial charge is 0.0532 e. The SMILES string of the molecule is C=C(c1ccccc1)c1ccc2c(c1)Nc1ccccc1S2. The Morgan fingerprint density at radius 2 is 1.45 bits per heavy atom. The van der Waals surface area contributed by atoms with E-state index in [4.69, 9.17) is 0 Å². The first-order valence-corrected chi connectivity index (χ1v) is 8.05. The fraction of sp³-hybridized carbons (Fsp3) is 0. The lowest BCUT2D eigenvalue weighted by molar-refractivity contribution is 1.31. The van der Waals surface area contributed by atoms with Crippen LogP contribution in [0.1, 0.15) is 11.1 Å². The summed E-state index contributed by atoms with van der Waals surface area (Å²) in [6.07, 6.45) is 0. The average Bonchev–Trinajstić information content (AvgIpc) is 2.59. The Hall–Kier alpha value is -2.45. The molecule has 4 rings (SSSR count). The van der Waals surface area contributed by atoms with Gasteiger partial charge in [0.1, 0.15) is 0 Å². The molecule has 0 fully saturated rings. The standard InChI is InChI=1S/C20H15NS/c1-14(15-7-3-2-4-8-15)16-11-12-20-18(13-16)21-17-9-5-6-10-19(17)22-20/h2-13,21H,1H2. The van der Waals surface area contributed by atoms with Crippen LogP contribution in [-0.4, -0.2) is 0 Å². The molecule has 3 aromatic carbocycles. The zero-order chi connectivity index (χ0) is 14.9. The maximum Gasteiger partial charge on any atom is 0.0532 e. The largest absolute Gasteiger partial charge is 0.354 e. The molecular weight excluding hydrogens is 286 g/mol. The number of hydrogen-bond acceptors (Lipinski definition) is 2. The fourth-order valence-electron chi connectivity index (χ4n) is 2.63. The van der Waals surface area contributed by atoms with E-state index >= 15 is 0 Å². The molecule has 1 N–H and O–H groups in total. The highest BCUT2D eigenvalue weighted by atomic mass is 32.2. The van der Waals surface area contributed by atoms with Gasteiger partial charge < -0.3 is 5.32 Å². The number of benzene rings is 3. The number of fused-ring (bicyclic) bond motifs is 2. The molecule has 0 saturated carbocycles. The molecular formula is C20H15NS. The van der Waals surface area contributed by atoms with E-state index in [1.54, 1.807) is 11.8 Å². The van der Waals surface area contributed by atoms with Crippen LogP contribution in [0.25, 0.3) is 5.57 Å². The molecule has 0 radical (unpaired) electrons. The Kier molecular flexibility index (Phi) is 3.24. The van der Waals surface area contributed by atoms with Gasteiger partial charge in [0, 0.05) is 9.79 Å². The predicted molar refractivity (Wildman–Crippen MR) is 94.9 cm³/mol. The highest BCUT2D eigenvalue weighted by Gasteiger charge is 2.16. The highest BCUT2D eigenvalue weighted by Crippen LogP contribution is 2.44. The van der Waals surface area contributed by atoms with Gasteiger partial charge in [-0.2, -0.15) is 0 Å². The second-order valence-electron chi connectivity index (χ2n) is 5.28. The maximum absolute atomic E-state index is 4.25. The van der Waals surface area contributed by atoms with Crippen molar-refractivity contribution in [1.82, 2.24) is 0 Å². The van der Waals surface area contributed by atoms with Crippen LogP contribution in [0.3, 0.4) is 0 Å². The number of nitrogens with one attached hydrogen (secondary N) is 1. The molecule has 0 atom stereocenters. The summed E-state index contributed by atoms with van der Waals surface area (Å²) in [6.45, 7) is 4.25. The lowest BCUT2D eigenvalue weighted by atomic mass is 9.99. The summed E-state index contributed by atoms with van der Waals surface area (Å²) >= 11 is 1.81. The molecule has 0 bridgehead atoms. The van der Waals surface area contributed by atoms with E-state index < -0.39 is 0 Å². The van der Waals surface area contributed by atoms with E-state index in [2.05, 4.69) is 66.5 Å². The van der Waals surface area contributed by atoms with E-state index in [9.17, 15) is 0 Å². The summed E-state index contributed by atoms with van der Waals surface area (Å²) < 4.78 is 0. The van der Waals surface area contributed by atoms with Crippen LogP contribution in [-0.2, 0) is 0 Å². The molecule has 2 heteroatoms. The van der Waals surface area contributed by atoms with Crippen molar-refractivity contribution in [3.63, 3.8) is 0 Å². The van der Waals surface area contributed by atoms with Crippen LogP contribution >= 0.6 is 11.8 Å². The summed E-state index contributed by atoms with van der Waals surface area (Å²) in [6, 6.07) is 25.2. The van der Waals surface area contributed by atoms with Crippen molar-refractivity contribution >= 4 is 28.7 Å². The molecule has 1 heterocycles. The van der Waals surface area contributed by atoms with Crippen molar-refractivity contribution in [1.29, 1.82) is 0 Å². The summed E-state index contributed by atoms with van der Waals surface area (Å²) in [5.74, 6) is 0. The van der Waals surface area contributed by atoms with Gasteiger partial charge in [-0.15, -0.1) is 0 Å². The quantitative estimate of drug-likeness (QED) is 0.490. The molecule has 0 saturated heterocycles. The number of para-hydroxylation sites is 1. The van der Waals surface area contributed by atoms with Crippen molar-refractivity contribution < 1.29 is 0 Å². The minimum Gasteiger partial charge on any atom is -0.354 e. The van der Waals surface area contributed by atoms with Gasteiger partial charge in [-0.1, -0.05) is 66.9 Å². The van der Waals surface area contributed by atoms with Gasteiger partial charge in [-0.25, -0.2) is 0 Å². The molecule has 106 valence electrons. The molecule has 0 aromatic heterocycles. The zero-order valence-electron chi connectivity index (χ0n) is 12.0. The van der Waals surface area contributed by atoms with Gasteiger partial charge in [0.2, 0.25) is 0 Å². The molecule has 1 aliphatic heterocycles. The van der Waals surface area contributed by atoms with Crippen LogP contribution in [0.4, 0.5) is 11.4 Å². The lowest BCUT2D eigenvalue weighted by Gasteiger charge is -2.21. The summed E-state index contributed by atoms with van der Waals surface area (Å²) in [7, 11) is 0. The first kappa shape index (κ1) is 13.2. The number of rotatable bonds is 2. The number of anilines is 2. The van der Waals surface area contributed by atoms with Crippen molar-refractivity contribution in [2.45, 2.75) is 9.79 Å². The third-order valence-corrected chi connectivity index (χ3v) is 4.98. The molecule has 0 aliphatic carbocycles. The Labute approximate surface area is 134 Å². The van der Waals surface area contributed by atoms with Crippen LogP contribution in [0, 0.1) is 0 Å². The molecule has 0 unspecified atom stereocenters. The van der Waals surface area contributed by atoms with E-state index in [1.807, 2.05) is 18.2 Å². The second-order valence-corrected chi connectivity index (χ2v) is 6.36. The first-order valence-electron chi connectivity index (χ1n) is 7.24. The Morgan fingerprint density at radius 3 is 2.32 bits per heavy atom. The Morgan fingerprint density at radius 1 is 0.727 bits per heavy atom. The lowest BCUT2D eigenvalue weighted by Crippen LogP contribution is -2.00. The van der Waals surface area contributed by atoms with Crippen molar-refractivity contribution in [2.75, 3.05) is 5.32 Å². The van der Waals surface area contributed by atoms with Gasteiger partial charge in [-0.3, -0.25) is 0 Å². The normalized spacial score (nSPS) is 12.0. The third-order valence-electron chi connectivity index (χ3n) is 3.83. The fourth-order valence-corrected chi connectivity index (χ4v) is 3.60. The Balaban J connectivity index is 1.70. The Bertz CT molecular complexity index is 853. The van der Waals surface area contributed by atoms with Gasteiger partial charge in [0.05, 0.1) is 11.4 Å². The average molecular weight is 301 g/mol. The molecule has 3 aromatic rings. The molecule has 1 aliphatic rings. The van der Waals surface area contributed by atoms with E-state index in [0.29, 0.717) is 0 Å². The van der Waals surface area contributed by atoms with Crippen LogP contribution in [0.2, 0.25) is 0 Å². The monoisotopic (exact) mass is 301 g/mol. The van der Waals surface area contributed by atoms with E-state index in [-0.39, 0.29) is 0 Å². The predicted octanol–water partition coefficient (Wildman–Crippen LogP) is 5.96. The minimum atomic E-state index is 1.05. The summed E-state index contributed by atoms with van der Waals surface area (Å²) in [4.78, 5) is 2.52. The minimum absolute atomic E-state index is 1.05. The van der Waals surface area contributed by atoms with E-state index in [1.165, 1.54) is 15.5 Å². The van der Waals surface area contributed by atoms with Crippen molar-refractivity contribution in [3.8, 4) is 0 Å².